The molecule has 1 aromatic heterocycles. The molecule has 0 saturated heterocycles. The average molecular weight is 296 g/mol. The van der Waals surface area contributed by atoms with Crippen LogP contribution in [-0.2, 0) is 10.0 Å². The number of aromatic nitrogens is 1. The Labute approximate surface area is 119 Å². The normalized spacial score (nSPS) is 28.8. The van der Waals surface area contributed by atoms with E-state index in [1.807, 2.05) is 0 Å². The van der Waals surface area contributed by atoms with Crippen molar-refractivity contribution in [1.29, 1.82) is 0 Å². The SMILES string of the molecule is NNc1ncccc1S(=O)(=O)NCC1CC2CCC1C2. The van der Waals surface area contributed by atoms with Crippen LogP contribution < -0.4 is 16.0 Å². The summed E-state index contributed by atoms with van der Waals surface area (Å²) < 4.78 is 27.4. The molecule has 3 unspecified atom stereocenters. The standard InChI is InChI=1S/C13H20N4O2S/c14-17-13-12(2-1-5-15-13)20(18,19)16-8-11-7-9-3-4-10(11)6-9/h1-2,5,9-11,16H,3-4,6-8,14H2,(H,15,17). The lowest BCUT2D eigenvalue weighted by molar-refractivity contribution is 0.333. The number of fused-ring (bicyclic) bond motifs is 2. The summed E-state index contributed by atoms with van der Waals surface area (Å²) in [4.78, 5) is 4.03. The van der Waals surface area contributed by atoms with Gasteiger partial charge < -0.3 is 5.43 Å². The highest BCUT2D eigenvalue weighted by atomic mass is 32.2. The fraction of sp³-hybridized carbons (Fsp3) is 0.615. The van der Waals surface area contributed by atoms with E-state index in [4.69, 9.17) is 5.84 Å². The van der Waals surface area contributed by atoms with Crippen LogP contribution >= 0.6 is 0 Å². The summed E-state index contributed by atoms with van der Waals surface area (Å²) in [5, 5.41) is 0. The molecular formula is C13H20N4O2S. The summed E-state index contributed by atoms with van der Waals surface area (Å²) in [5.41, 5.74) is 2.33. The molecule has 3 atom stereocenters. The highest BCUT2D eigenvalue weighted by Gasteiger charge is 2.39. The quantitative estimate of drug-likeness (QED) is 0.558. The molecule has 4 N–H and O–H groups in total. The highest BCUT2D eigenvalue weighted by molar-refractivity contribution is 7.89. The molecule has 2 aliphatic rings. The number of hydrogen-bond acceptors (Lipinski definition) is 5. The Bertz CT molecular complexity index is 590. The second kappa shape index (κ2) is 5.31. The van der Waals surface area contributed by atoms with Gasteiger partial charge in [0.05, 0.1) is 0 Å². The lowest BCUT2D eigenvalue weighted by Crippen LogP contribution is -2.32. The van der Waals surface area contributed by atoms with Gasteiger partial charge in [-0.25, -0.2) is 24.0 Å². The Balaban J connectivity index is 1.69. The van der Waals surface area contributed by atoms with Crippen molar-refractivity contribution in [1.82, 2.24) is 9.71 Å². The van der Waals surface area contributed by atoms with E-state index in [2.05, 4.69) is 15.1 Å². The van der Waals surface area contributed by atoms with Crippen LogP contribution in [0.1, 0.15) is 25.7 Å². The van der Waals surface area contributed by atoms with Crippen LogP contribution in [0.15, 0.2) is 23.2 Å². The highest BCUT2D eigenvalue weighted by Crippen LogP contribution is 2.48. The van der Waals surface area contributed by atoms with Crippen molar-refractivity contribution in [2.45, 2.75) is 30.6 Å². The predicted molar refractivity (Wildman–Crippen MR) is 76.2 cm³/mol. The van der Waals surface area contributed by atoms with Crippen molar-refractivity contribution >= 4 is 15.8 Å². The topological polar surface area (TPSA) is 97.1 Å². The predicted octanol–water partition coefficient (Wildman–Crippen LogP) is 1.08. The molecule has 0 aliphatic heterocycles. The molecule has 2 aliphatic carbocycles. The van der Waals surface area contributed by atoms with Crippen LogP contribution in [0.4, 0.5) is 5.82 Å². The molecule has 1 aromatic rings. The zero-order valence-electron chi connectivity index (χ0n) is 11.2. The Morgan fingerprint density at radius 2 is 2.20 bits per heavy atom. The molecule has 0 spiro atoms. The van der Waals surface area contributed by atoms with E-state index < -0.39 is 10.0 Å². The van der Waals surface area contributed by atoms with Gasteiger partial charge >= 0.3 is 0 Å². The van der Waals surface area contributed by atoms with E-state index in [1.54, 1.807) is 6.07 Å². The monoisotopic (exact) mass is 296 g/mol. The minimum Gasteiger partial charge on any atom is -0.307 e. The first-order valence-electron chi connectivity index (χ1n) is 7.01. The van der Waals surface area contributed by atoms with Crippen LogP contribution in [0.5, 0.6) is 0 Å². The number of pyridine rings is 1. The van der Waals surface area contributed by atoms with Crippen molar-refractivity contribution < 1.29 is 8.42 Å². The summed E-state index contributed by atoms with van der Waals surface area (Å²) in [7, 11) is -3.56. The van der Waals surface area contributed by atoms with Gasteiger partial charge in [-0.15, -0.1) is 0 Å². The zero-order valence-corrected chi connectivity index (χ0v) is 12.1. The third-order valence-electron chi connectivity index (χ3n) is 4.62. The molecule has 0 aromatic carbocycles. The Morgan fingerprint density at radius 1 is 1.35 bits per heavy atom. The van der Waals surface area contributed by atoms with E-state index in [-0.39, 0.29) is 10.7 Å². The van der Waals surface area contributed by atoms with Crippen molar-refractivity contribution in [2.24, 2.45) is 23.6 Å². The summed E-state index contributed by atoms with van der Waals surface area (Å²) in [6.07, 6.45) is 6.50. The van der Waals surface area contributed by atoms with Gasteiger partial charge in [0.15, 0.2) is 5.82 Å². The van der Waals surface area contributed by atoms with Crippen LogP contribution in [-0.4, -0.2) is 19.9 Å². The summed E-state index contributed by atoms with van der Waals surface area (Å²) in [6.45, 7) is 0.516. The first kappa shape index (κ1) is 13.8. The first-order chi connectivity index (χ1) is 9.60. The maximum atomic E-state index is 12.3. The largest absolute Gasteiger partial charge is 0.307 e. The lowest BCUT2D eigenvalue weighted by atomic mass is 9.89. The van der Waals surface area contributed by atoms with Gasteiger partial charge in [0.1, 0.15) is 4.90 Å². The van der Waals surface area contributed by atoms with Crippen LogP contribution in [0.2, 0.25) is 0 Å². The molecule has 7 heteroatoms. The number of nitrogens with one attached hydrogen (secondary N) is 2. The second-order valence-corrected chi connectivity index (χ2v) is 7.52. The summed E-state index contributed by atoms with van der Waals surface area (Å²) in [6, 6.07) is 3.10. The Kier molecular flexibility index (Phi) is 3.66. The van der Waals surface area contributed by atoms with Gasteiger partial charge in [0.2, 0.25) is 10.0 Å². The molecule has 6 nitrogen and oxygen atoms in total. The maximum Gasteiger partial charge on any atom is 0.244 e. The zero-order chi connectivity index (χ0) is 14.2. The van der Waals surface area contributed by atoms with Gasteiger partial charge in [-0.2, -0.15) is 0 Å². The van der Waals surface area contributed by atoms with Gasteiger partial charge in [-0.3, -0.25) is 0 Å². The maximum absolute atomic E-state index is 12.3. The second-order valence-electron chi connectivity index (χ2n) is 5.78. The van der Waals surface area contributed by atoms with Crippen LogP contribution in [0.3, 0.4) is 0 Å². The van der Waals surface area contributed by atoms with E-state index in [0.29, 0.717) is 18.4 Å². The number of hydrazine groups is 1. The van der Waals surface area contributed by atoms with Crippen molar-refractivity contribution in [3.63, 3.8) is 0 Å². The summed E-state index contributed by atoms with van der Waals surface area (Å²) >= 11 is 0. The minimum atomic E-state index is -3.56. The van der Waals surface area contributed by atoms with E-state index in [1.165, 1.54) is 31.5 Å². The van der Waals surface area contributed by atoms with Gasteiger partial charge in [-0.1, -0.05) is 6.42 Å². The Hall–Kier alpha value is -1.18. The average Bonchev–Trinajstić information content (AvgIpc) is 3.07. The van der Waals surface area contributed by atoms with E-state index in [0.717, 1.165) is 12.3 Å². The first-order valence-corrected chi connectivity index (χ1v) is 8.50. The molecule has 2 saturated carbocycles. The number of anilines is 1. The number of rotatable bonds is 5. The van der Waals surface area contributed by atoms with Gasteiger partial charge in [0.25, 0.3) is 0 Å². The molecule has 1 heterocycles. The van der Waals surface area contributed by atoms with E-state index >= 15 is 0 Å². The molecular weight excluding hydrogens is 276 g/mol. The van der Waals surface area contributed by atoms with Crippen LogP contribution in [0, 0.1) is 17.8 Å². The van der Waals surface area contributed by atoms with Crippen molar-refractivity contribution in [3.8, 4) is 0 Å². The van der Waals surface area contributed by atoms with Gasteiger partial charge in [0, 0.05) is 12.7 Å². The Morgan fingerprint density at radius 3 is 2.85 bits per heavy atom. The third-order valence-corrected chi connectivity index (χ3v) is 6.07. The number of hydrogen-bond donors (Lipinski definition) is 3. The third kappa shape index (κ3) is 2.53. The van der Waals surface area contributed by atoms with E-state index in [9.17, 15) is 8.42 Å². The summed E-state index contributed by atoms with van der Waals surface area (Å²) in [5.74, 6) is 7.48. The van der Waals surface area contributed by atoms with Crippen LogP contribution in [0.25, 0.3) is 0 Å². The lowest BCUT2D eigenvalue weighted by Gasteiger charge is -2.22. The molecule has 0 radical (unpaired) electrons. The smallest absolute Gasteiger partial charge is 0.244 e. The number of sulfonamides is 1. The molecule has 2 bridgehead atoms. The number of nitrogen functional groups attached to an aromatic ring is 1. The molecule has 110 valence electrons. The minimum absolute atomic E-state index is 0.102. The van der Waals surface area contributed by atoms with Crippen molar-refractivity contribution in [3.05, 3.63) is 18.3 Å². The molecule has 2 fully saturated rings. The number of nitrogens with zero attached hydrogens (tertiary/aromatic N) is 1. The fourth-order valence-corrected chi connectivity index (χ4v) is 4.85. The van der Waals surface area contributed by atoms with Crippen molar-refractivity contribution in [2.75, 3.05) is 12.0 Å². The molecule has 3 rings (SSSR count). The molecule has 0 amide bonds. The molecule has 20 heavy (non-hydrogen) atoms. The van der Waals surface area contributed by atoms with Gasteiger partial charge in [-0.05, 0) is 49.1 Å². The fourth-order valence-electron chi connectivity index (χ4n) is 3.64. The number of nitrogens with two attached hydrogens (primary N) is 1.